The number of ether oxygens (including phenoxy) is 1. The maximum atomic E-state index is 6.36. The summed E-state index contributed by atoms with van der Waals surface area (Å²) < 4.78 is 7.80. The maximum absolute atomic E-state index is 6.36. The first-order chi connectivity index (χ1) is 16.9. The minimum atomic E-state index is -0.123. The van der Waals surface area contributed by atoms with Crippen LogP contribution in [0.4, 0.5) is 5.69 Å². The van der Waals surface area contributed by atoms with Crippen molar-refractivity contribution >= 4 is 34.6 Å². The first-order valence-corrected chi connectivity index (χ1v) is 12.3. The molecule has 0 aliphatic carbocycles. The molecule has 5 rings (SSSR count). The topological polar surface area (TPSA) is 42.3 Å². The van der Waals surface area contributed by atoms with Crippen LogP contribution in [0, 0.1) is 20.8 Å². The van der Waals surface area contributed by atoms with Crippen molar-refractivity contribution in [3.8, 4) is 11.4 Å². The smallest absolute Gasteiger partial charge is 0.174 e. The Labute approximate surface area is 216 Å². The number of rotatable bonds is 5. The van der Waals surface area contributed by atoms with Crippen LogP contribution in [-0.2, 0) is 0 Å². The molecule has 0 saturated carbocycles. The molecule has 1 aliphatic rings. The number of halogens is 1. The zero-order chi connectivity index (χ0) is 24.7. The van der Waals surface area contributed by atoms with E-state index >= 15 is 0 Å². The molecule has 0 bridgehead atoms. The lowest BCUT2D eigenvalue weighted by Gasteiger charge is -2.29. The fraction of sp³-hybridized carbons (Fsp3) is 0.214. The van der Waals surface area contributed by atoms with Gasteiger partial charge < -0.3 is 19.5 Å². The zero-order valence-electron chi connectivity index (χ0n) is 20.1. The van der Waals surface area contributed by atoms with Gasteiger partial charge in [0.1, 0.15) is 5.75 Å². The van der Waals surface area contributed by atoms with Gasteiger partial charge in [-0.15, -0.1) is 0 Å². The molecule has 7 heteroatoms. The number of benzene rings is 2. The SMILES string of the molecule is COc1cccc(N2C(=S)NC(c3ccccn3)C2c2c(C)c(C)n(-c3cccc(Cl)c3)c2C)c1. The van der Waals surface area contributed by atoms with Gasteiger partial charge in [0.2, 0.25) is 0 Å². The van der Waals surface area contributed by atoms with Crippen molar-refractivity contribution in [2.24, 2.45) is 0 Å². The molecule has 2 aromatic carbocycles. The Balaban J connectivity index is 1.73. The van der Waals surface area contributed by atoms with E-state index in [4.69, 9.17) is 33.5 Å². The van der Waals surface area contributed by atoms with Gasteiger partial charge in [-0.2, -0.15) is 0 Å². The van der Waals surface area contributed by atoms with Gasteiger partial charge >= 0.3 is 0 Å². The number of pyridine rings is 1. The largest absolute Gasteiger partial charge is 0.497 e. The summed E-state index contributed by atoms with van der Waals surface area (Å²) in [5.74, 6) is 0.784. The van der Waals surface area contributed by atoms with E-state index < -0.39 is 0 Å². The fourth-order valence-electron chi connectivity index (χ4n) is 5.13. The maximum Gasteiger partial charge on any atom is 0.174 e. The Kier molecular flexibility index (Phi) is 6.26. The molecule has 5 nitrogen and oxygen atoms in total. The number of thiocarbonyl (C=S) groups is 1. The number of nitrogens with one attached hydrogen (secondary N) is 1. The van der Waals surface area contributed by atoms with Gasteiger partial charge in [-0.25, -0.2) is 0 Å². The Morgan fingerprint density at radius 3 is 2.43 bits per heavy atom. The summed E-state index contributed by atoms with van der Waals surface area (Å²) in [6.07, 6.45) is 1.83. The number of nitrogens with zero attached hydrogens (tertiary/aromatic N) is 3. The van der Waals surface area contributed by atoms with Gasteiger partial charge in [-0.1, -0.05) is 29.8 Å². The fourth-order valence-corrected chi connectivity index (χ4v) is 5.66. The standard InChI is InChI=1S/C28H27ClN4OS/c1-17-18(2)32(21-10-7-9-20(29)15-21)19(3)25(17)27-26(24-13-5-6-14-30-24)31-28(35)33(27)22-11-8-12-23(16-22)34-4/h5-16,26-27H,1-4H3,(H,31,35). The van der Waals surface area contributed by atoms with Crippen LogP contribution < -0.4 is 15.0 Å². The van der Waals surface area contributed by atoms with Gasteiger partial charge in [0, 0.05) is 45.6 Å². The van der Waals surface area contributed by atoms with Crippen LogP contribution >= 0.6 is 23.8 Å². The molecule has 2 aromatic heterocycles. The van der Waals surface area contributed by atoms with Crippen molar-refractivity contribution < 1.29 is 4.74 Å². The molecule has 1 fully saturated rings. The lowest BCUT2D eigenvalue weighted by atomic mass is 9.93. The van der Waals surface area contributed by atoms with E-state index in [0.717, 1.165) is 28.5 Å². The molecule has 3 heterocycles. The predicted octanol–water partition coefficient (Wildman–Crippen LogP) is 6.64. The van der Waals surface area contributed by atoms with Gasteiger partial charge in [-0.05, 0) is 81.0 Å². The zero-order valence-corrected chi connectivity index (χ0v) is 21.7. The van der Waals surface area contributed by atoms with Crippen LogP contribution in [-0.4, -0.2) is 21.8 Å². The molecular weight excluding hydrogens is 476 g/mol. The number of aromatic nitrogens is 2. The highest BCUT2D eigenvalue weighted by molar-refractivity contribution is 7.80. The van der Waals surface area contributed by atoms with Gasteiger partial charge in [0.05, 0.1) is 24.9 Å². The van der Waals surface area contributed by atoms with Crippen LogP contribution in [0.2, 0.25) is 5.02 Å². The van der Waals surface area contributed by atoms with Gasteiger partial charge in [0.15, 0.2) is 5.11 Å². The van der Waals surface area contributed by atoms with E-state index in [1.165, 1.54) is 16.8 Å². The quantitative estimate of drug-likeness (QED) is 0.310. The monoisotopic (exact) mass is 502 g/mol. The summed E-state index contributed by atoms with van der Waals surface area (Å²) in [5, 5.41) is 4.93. The Bertz CT molecular complexity index is 1400. The summed E-state index contributed by atoms with van der Waals surface area (Å²) in [5.41, 5.74) is 7.70. The van der Waals surface area contributed by atoms with Crippen LogP contribution in [0.3, 0.4) is 0 Å². The third kappa shape index (κ3) is 4.07. The molecule has 0 amide bonds. The second-order valence-corrected chi connectivity index (χ2v) is 9.55. The van der Waals surface area contributed by atoms with Crippen molar-refractivity contribution in [3.63, 3.8) is 0 Å². The first kappa shape index (κ1) is 23.4. The highest BCUT2D eigenvalue weighted by Gasteiger charge is 2.43. The molecule has 0 radical (unpaired) electrons. The lowest BCUT2D eigenvalue weighted by Crippen LogP contribution is -2.29. The van der Waals surface area contributed by atoms with Gasteiger partial charge in [0.25, 0.3) is 0 Å². The molecule has 178 valence electrons. The molecular formula is C28H27ClN4OS. The normalized spacial score (nSPS) is 17.5. The number of anilines is 1. The van der Waals surface area contributed by atoms with E-state index in [0.29, 0.717) is 10.1 Å². The minimum Gasteiger partial charge on any atom is -0.497 e. The highest BCUT2D eigenvalue weighted by atomic mass is 35.5. The molecule has 1 aliphatic heterocycles. The third-order valence-corrected chi connectivity index (χ3v) is 7.35. The number of hydrogen-bond acceptors (Lipinski definition) is 3. The summed E-state index contributed by atoms with van der Waals surface area (Å²) in [6, 6.07) is 21.7. The molecule has 4 aromatic rings. The van der Waals surface area contributed by atoms with Crippen molar-refractivity contribution in [1.29, 1.82) is 0 Å². The van der Waals surface area contributed by atoms with Crippen LogP contribution in [0.5, 0.6) is 5.75 Å². The van der Waals surface area contributed by atoms with Crippen molar-refractivity contribution in [2.75, 3.05) is 12.0 Å². The summed E-state index contributed by atoms with van der Waals surface area (Å²) in [7, 11) is 1.68. The van der Waals surface area contributed by atoms with Crippen molar-refractivity contribution in [1.82, 2.24) is 14.9 Å². The third-order valence-electron chi connectivity index (χ3n) is 6.80. The van der Waals surface area contributed by atoms with Crippen LogP contribution in [0.15, 0.2) is 72.9 Å². The first-order valence-electron chi connectivity index (χ1n) is 11.5. The molecule has 1 saturated heterocycles. The average molecular weight is 503 g/mol. The lowest BCUT2D eigenvalue weighted by molar-refractivity contribution is 0.415. The number of methoxy groups -OCH3 is 1. The number of hydrogen-bond donors (Lipinski definition) is 1. The Morgan fingerprint density at radius 2 is 1.71 bits per heavy atom. The van der Waals surface area contributed by atoms with E-state index in [-0.39, 0.29) is 12.1 Å². The highest BCUT2D eigenvalue weighted by Crippen LogP contribution is 2.45. The summed E-state index contributed by atoms with van der Waals surface area (Å²) in [4.78, 5) is 6.88. The van der Waals surface area contributed by atoms with Crippen molar-refractivity contribution in [2.45, 2.75) is 32.9 Å². The molecule has 2 unspecified atom stereocenters. The average Bonchev–Trinajstić information content (AvgIpc) is 3.31. The van der Waals surface area contributed by atoms with Crippen molar-refractivity contribution in [3.05, 3.63) is 106 Å². The summed E-state index contributed by atoms with van der Waals surface area (Å²) in [6.45, 7) is 6.50. The molecule has 2 atom stereocenters. The molecule has 0 spiro atoms. The minimum absolute atomic E-state index is 0.108. The Morgan fingerprint density at radius 1 is 0.943 bits per heavy atom. The summed E-state index contributed by atoms with van der Waals surface area (Å²) >= 11 is 12.3. The van der Waals surface area contributed by atoms with E-state index in [9.17, 15) is 0 Å². The Hall–Kier alpha value is -3.35. The molecule has 1 N–H and O–H groups in total. The van der Waals surface area contributed by atoms with E-state index in [1.54, 1.807) is 7.11 Å². The van der Waals surface area contributed by atoms with Crippen LogP contribution in [0.25, 0.3) is 5.69 Å². The van der Waals surface area contributed by atoms with E-state index in [2.05, 4.69) is 47.7 Å². The molecule has 35 heavy (non-hydrogen) atoms. The van der Waals surface area contributed by atoms with Crippen LogP contribution in [0.1, 0.15) is 40.3 Å². The predicted molar refractivity (Wildman–Crippen MR) is 146 cm³/mol. The second kappa shape index (κ2) is 9.36. The van der Waals surface area contributed by atoms with E-state index in [1.807, 2.05) is 60.8 Å². The second-order valence-electron chi connectivity index (χ2n) is 8.72. The van der Waals surface area contributed by atoms with Gasteiger partial charge in [-0.3, -0.25) is 4.98 Å².